The second-order valence-electron chi connectivity index (χ2n) is 6.78. The molecule has 0 atom stereocenters. The molecule has 0 unspecified atom stereocenters. The summed E-state index contributed by atoms with van der Waals surface area (Å²) in [5.41, 5.74) is 2.04. The fraction of sp³-hybridized carbons (Fsp3) is 0.381. The first kappa shape index (κ1) is 18.7. The van der Waals surface area contributed by atoms with Crippen LogP contribution in [0.1, 0.15) is 35.7 Å². The molecule has 0 radical (unpaired) electrons. The molecule has 0 aliphatic carbocycles. The summed E-state index contributed by atoms with van der Waals surface area (Å²) in [5, 5.41) is 11.6. The molecule has 138 valence electrons. The normalized spacial score (nSPS) is 16.3. The molecule has 26 heavy (non-hydrogen) atoms. The van der Waals surface area contributed by atoms with Gasteiger partial charge in [-0.05, 0) is 61.7 Å². The van der Waals surface area contributed by atoms with Crippen molar-refractivity contribution < 1.29 is 14.6 Å². The smallest absolute Gasteiger partial charge is 0.338 e. The number of halogens is 1. The molecule has 3 rings (SSSR count). The van der Waals surface area contributed by atoms with E-state index in [1.54, 1.807) is 19.1 Å². The summed E-state index contributed by atoms with van der Waals surface area (Å²) in [5.74, 6) is -0.296. The topological polar surface area (TPSA) is 49.8 Å². The fourth-order valence-corrected chi connectivity index (χ4v) is 3.49. The summed E-state index contributed by atoms with van der Waals surface area (Å²) in [6.07, 6.45) is 2.05. The molecule has 1 fully saturated rings. The minimum absolute atomic E-state index is 0.296. The van der Waals surface area contributed by atoms with E-state index >= 15 is 0 Å². The van der Waals surface area contributed by atoms with Crippen molar-refractivity contribution in [2.24, 2.45) is 0 Å². The van der Waals surface area contributed by atoms with E-state index in [1.807, 2.05) is 36.4 Å². The highest BCUT2D eigenvalue weighted by atomic mass is 35.5. The number of esters is 1. The highest BCUT2D eigenvalue weighted by Crippen LogP contribution is 2.29. The van der Waals surface area contributed by atoms with Gasteiger partial charge in [0.25, 0.3) is 0 Å². The molecule has 0 bridgehead atoms. The van der Waals surface area contributed by atoms with Crippen molar-refractivity contribution >= 4 is 23.3 Å². The Labute approximate surface area is 159 Å². The Morgan fingerprint density at radius 1 is 1.12 bits per heavy atom. The van der Waals surface area contributed by atoms with Crippen LogP contribution in [-0.4, -0.2) is 36.4 Å². The molecule has 5 heteroatoms. The van der Waals surface area contributed by atoms with Gasteiger partial charge in [0.1, 0.15) is 0 Å². The average molecular weight is 374 g/mol. The predicted molar refractivity (Wildman–Crippen MR) is 104 cm³/mol. The number of hydrogen-bond donors (Lipinski definition) is 1. The van der Waals surface area contributed by atoms with Gasteiger partial charge in [-0.15, -0.1) is 0 Å². The van der Waals surface area contributed by atoms with Crippen molar-refractivity contribution in [2.45, 2.75) is 31.8 Å². The number of hydrogen-bond acceptors (Lipinski definition) is 4. The van der Waals surface area contributed by atoms with E-state index in [-0.39, 0.29) is 5.97 Å². The van der Waals surface area contributed by atoms with Gasteiger partial charge < -0.3 is 14.7 Å². The van der Waals surface area contributed by atoms with Crippen LogP contribution in [-0.2, 0) is 11.2 Å². The van der Waals surface area contributed by atoms with Crippen molar-refractivity contribution in [1.29, 1.82) is 0 Å². The lowest BCUT2D eigenvalue weighted by Crippen LogP contribution is -2.45. The van der Waals surface area contributed by atoms with Crippen molar-refractivity contribution in [3.8, 4) is 0 Å². The number of benzene rings is 2. The van der Waals surface area contributed by atoms with Crippen LogP contribution in [0.15, 0.2) is 48.5 Å². The summed E-state index contributed by atoms with van der Waals surface area (Å²) in [7, 11) is 0. The Morgan fingerprint density at radius 3 is 2.31 bits per heavy atom. The number of aliphatic hydroxyl groups is 1. The van der Waals surface area contributed by atoms with Crippen LogP contribution in [0.5, 0.6) is 0 Å². The maximum Gasteiger partial charge on any atom is 0.338 e. The highest BCUT2D eigenvalue weighted by molar-refractivity contribution is 6.30. The van der Waals surface area contributed by atoms with Gasteiger partial charge in [-0.3, -0.25) is 0 Å². The summed E-state index contributed by atoms with van der Waals surface area (Å²) < 4.78 is 5.01. The van der Waals surface area contributed by atoms with Gasteiger partial charge >= 0.3 is 5.97 Å². The SMILES string of the molecule is CCOC(=O)c1ccc(N2CCC(O)(Cc3ccc(Cl)cc3)CC2)cc1. The number of carbonyl (C=O) groups is 1. The Balaban J connectivity index is 1.59. The maximum absolute atomic E-state index is 11.7. The predicted octanol–water partition coefficient (Wildman–Crippen LogP) is 4.09. The molecular formula is C21H24ClNO3. The van der Waals surface area contributed by atoms with Gasteiger partial charge in [0, 0.05) is 30.2 Å². The number of nitrogens with zero attached hydrogens (tertiary/aromatic N) is 1. The fourth-order valence-electron chi connectivity index (χ4n) is 3.36. The number of carbonyl (C=O) groups excluding carboxylic acids is 1. The van der Waals surface area contributed by atoms with Gasteiger partial charge in [-0.2, -0.15) is 0 Å². The second-order valence-corrected chi connectivity index (χ2v) is 7.22. The minimum atomic E-state index is -0.685. The third-order valence-corrected chi connectivity index (χ3v) is 5.14. The molecule has 1 saturated heterocycles. The zero-order valence-corrected chi connectivity index (χ0v) is 15.7. The molecule has 1 aliphatic rings. The summed E-state index contributed by atoms with van der Waals surface area (Å²) in [4.78, 5) is 14.0. The van der Waals surface area contributed by atoms with Crippen LogP contribution in [0.3, 0.4) is 0 Å². The third kappa shape index (κ3) is 4.57. The van der Waals surface area contributed by atoms with Gasteiger partial charge in [-0.25, -0.2) is 4.79 Å². The van der Waals surface area contributed by atoms with E-state index in [4.69, 9.17) is 16.3 Å². The lowest BCUT2D eigenvalue weighted by atomic mass is 9.85. The molecule has 4 nitrogen and oxygen atoms in total. The maximum atomic E-state index is 11.7. The number of ether oxygens (including phenoxy) is 1. The lowest BCUT2D eigenvalue weighted by Gasteiger charge is -2.39. The summed E-state index contributed by atoms with van der Waals surface area (Å²) >= 11 is 5.93. The molecule has 1 aliphatic heterocycles. The monoisotopic (exact) mass is 373 g/mol. The van der Waals surface area contributed by atoms with Crippen molar-refractivity contribution in [1.82, 2.24) is 0 Å². The van der Waals surface area contributed by atoms with E-state index in [9.17, 15) is 9.90 Å². The number of rotatable bonds is 5. The molecule has 2 aromatic rings. The van der Waals surface area contributed by atoms with Gasteiger partial charge in [0.15, 0.2) is 0 Å². The van der Waals surface area contributed by atoms with E-state index in [1.165, 1.54) is 0 Å². The van der Waals surface area contributed by atoms with Crippen LogP contribution < -0.4 is 4.90 Å². The van der Waals surface area contributed by atoms with Gasteiger partial charge in [-0.1, -0.05) is 23.7 Å². The third-order valence-electron chi connectivity index (χ3n) is 4.88. The quantitative estimate of drug-likeness (QED) is 0.802. The van der Waals surface area contributed by atoms with Crippen LogP contribution >= 0.6 is 11.6 Å². The minimum Gasteiger partial charge on any atom is -0.462 e. The number of piperidine rings is 1. The first-order chi connectivity index (χ1) is 12.5. The molecule has 1 heterocycles. The Morgan fingerprint density at radius 2 is 1.73 bits per heavy atom. The van der Waals surface area contributed by atoms with Crippen LogP contribution in [0.4, 0.5) is 5.69 Å². The molecule has 2 aromatic carbocycles. The van der Waals surface area contributed by atoms with Gasteiger partial charge in [0.05, 0.1) is 17.8 Å². The largest absolute Gasteiger partial charge is 0.462 e. The zero-order chi connectivity index (χ0) is 18.6. The molecule has 0 aromatic heterocycles. The Kier molecular flexibility index (Phi) is 5.84. The lowest BCUT2D eigenvalue weighted by molar-refractivity contribution is 0.0165. The van der Waals surface area contributed by atoms with E-state index in [0.717, 1.165) is 24.3 Å². The van der Waals surface area contributed by atoms with Crippen LogP contribution in [0.2, 0.25) is 5.02 Å². The van der Waals surface area contributed by atoms with E-state index in [0.29, 0.717) is 36.5 Å². The molecule has 0 saturated carbocycles. The summed E-state index contributed by atoms with van der Waals surface area (Å²) in [6.45, 7) is 3.73. The zero-order valence-electron chi connectivity index (χ0n) is 15.0. The van der Waals surface area contributed by atoms with E-state index in [2.05, 4.69) is 4.90 Å². The molecule has 0 amide bonds. The Bertz CT molecular complexity index is 735. The first-order valence-electron chi connectivity index (χ1n) is 8.98. The Hall–Kier alpha value is -2.04. The van der Waals surface area contributed by atoms with Crippen LogP contribution in [0.25, 0.3) is 0 Å². The number of anilines is 1. The van der Waals surface area contributed by atoms with Gasteiger partial charge in [0.2, 0.25) is 0 Å². The standard InChI is InChI=1S/C21H24ClNO3/c1-2-26-20(24)17-5-9-19(10-6-17)23-13-11-21(25,12-14-23)15-16-3-7-18(22)8-4-16/h3-10,25H,2,11-15H2,1H3. The van der Waals surface area contributed by atoms with Crippen molar-refractivity contribution in [3.05, 3.63) is 64.7 Å². The highest BCUT2D eigenvalue weighted by Gasteiger charge is 2.32. The second kappa shape index (κ2) is 8.11. The van der Waals surface area contributed by atoms with Crippen molar-refractivity contribution in [3.63, 3.8) is 0 Å². The average Bonchev–Trinajstić information content (AvgIpc) is 2.65. The molecule has 0 spiro atoms. The van der Waals surface area contributed by atoms with E-state index < -0.39 is 5.60 Å². The molecule has 1 N–H and O–H groups in total. The molecular weight excluding hydrogens is 350 g/mol. The summed E-state index contributed by atoms with van der Waals surface area (Å²) in [6, 6.07) is 15.1. The first-order valence-corrected chi connectivity index (χ1v) is 9.36. The van der Waals surface area contributed by atoms with Crippen LogP contribution in [0, 0.1) is 0 Å². The van der Waals surface area contributed by atoms with Crippen molar-refractivity contribution in [2.75, 3.05) is 24.6 Å².